The van der Waals surface area contributed by atoms with Crippen molar-refractivity contribution in [3.63, 3.8) is 0 Å². The third-order valence-corrected chi connectivity index (χ3v) is 6.23. The smallest absolute Gasteiger partial charge is 0.240 e. The summed E-state index contributed by atoms with van der Waals surface area (Å²) in [6.45, 7) is 13.2. The van der Waals surface area contributed by atoms with Gasteiger partial charge in [-0.15, -0.1) is 24.8 Å². The molecule has 2 rings (SSSR count). The molecule has 0 spiro atoms. The Morgan fingerprint density at radius 2 is 1.84 bits per heavy atom. The fourth-order valence-corrected chi connectivity index (χ4v) is 3.96. The monoisotopic (exact) mass is 397 g/mol. The van der Waals surface area contributed by atoms with Crippen LogP contribution < -0.4 is 11.1 Å². The lowest BCUT2D eigenvalue weighted by atomic mass is 9.54. The molecular weight excluding hydrogens is 361 g/mol. The van der Waals surface area contributed by atoms with Gasteiger partial charge in [-0.25, -0.2) is 0 Å². The van der Waals surface area contributed by atoms with E-state index < -0.39 is 5.54 Å². The van der Waals surface area contributed by atoms with E-state index in [0.29, 0.717) is 13.0 Å². The molecule has 25 heavy (non-hydrogen) atoms. The molecule has 0 aromatic rings. The fraction of sp³-hybridized carbons (Fsp3) is 0.944. The molecule has 2 atom stereocenters. The highest BCUT2D eigenvalue weighted by molar-refractivity contribution is 5.88. The van der Waals surface area contributed by atoms with E-state index in [1.54, 1.807) is 0 Å². The van der Waals surface area contributed by atoms with Gasteiger partial charge in [-0.2, -0.15) is 0 Å². The van der Waals surface area contributed by atoms with E-state index in [-0.39, 0.29) is 42.2 Å². The van der Waals surface area contributed by atoms with E-state index in [1.165, 1.54) is 25.9 Å². The lowest BCUT2D eigenvalue weighted by molar-refractivity contribution is -0.170. The van der Waals surface area contributed by atoms with Crippen molar-refractivity contribution in [2.45, 2.75) is 65.0 Å². The maximum atomic E-state index is 12.6. The van der Waals surface area contributed by atoms with Crippen molar-refractivity contribution in [3.05, 3.63) is 0 Å². The number of halogens is 2. The summed E-state index contributed by atoms with van der Waals surface area (Å²) in [7, 11) is 0. The quantitative estimate of drug-likeness (QED) is 0.692. The van der Waals surface area contributed by atoms with Crippen molar-refractivity contribution in [1.82, 2.24) is 10.2 Å². The maximum Gasteiger partial charge on any atom is 0.240 e. The Bertz CT molecular complexity index is 415. The van der Waals surface area contributed by atoms with Crippen LogP contribution in [0.15, 0.2) is 0 Å². The molecule has 150 valence electrons. The number of hydrogen-bond acceptors (Lipinski definition) is 4. The zero-order valence-corrected chi connectivity index (χ0v) is 17.8. The molecule has 2 aliphatic rings. The number of rotatable bonds is 7. The third kappa shape index (κ3) is 5.23. The van der Waals surface area contributed by atoms with Gasteiger partial charge in [0.1, 0.15) is 5.54 Å². The van der Waals surface area contributed by atoms with Crippen LogP contribution in [-0.2, 0) is 9.53 Å². The van der Waals surface area contributed by atoms with E-state index in [9.17, 15) is 4.79 Å². The van der Waals surface area contributed by atoms with Crippen LogP contribution in [0.1, 0.15) is 53.4 Å². The highest BCUT2D eigenvalue weighted by atomic mass is 35.5. The summed E-state index contributed by atoms with van der Waals surface area (Å²) < 4.78 is 5.69. The minimum Gasteiger partial charge on any atom is -0.378 e. The van der Waals surface area contributed by atoms with Crippen LogP contribution in [-0.4, -0.2) is 55.2 Å². The minimum atomic E-state index is -0.793. The highest BCUT2D eigenvalue weighted by Crippen LogP contribution is 2.49. The van der Waals surface area contributed by atoms with Crippen LogP contribution in [0.2, 0.25) is 0 Å². The predicted molar refractivity (Wildman–Crippen MR) is 108 cm³/mol. The second kappa shape index (κ2) is 10.3. The van der Waals surface area contributed by atoms with E-state index in [0.717, 1.165) is 25.4 Å². The summed E-state index contributed by atoms with van der Waals surface area (Å²) in [5, 5.41) is 3.08. The average molecular weight is 398 g/mol. The van der Waals surface area contributed by atoms with Gasteiger partial charge in [-0.1, -0.05) is 20.8 Å². The van der Waals surface area contributed by atoms with Gasteiger partial charge in [0.25, 0.3) is 0 Å². The lowest BCUT2D eigenvalue weighted by Gasteiger charge is -2.57. The predicted octanol–water partition coefficient (Wildman–Crippen LogP) is 2.60. The summed E-state index contributed by atoms with van der Waals surface area (Å²) in [5.74, 6) is 0.724. The molecule has 1 aliphatic carbocycles. The molecule has 2 fully saturated rings. The first kappa shape index (κ1) is 24.9. The molecule has 3 N–H and O–H groups in total. The number of nitrogens with zero attached hydrogens (tertiary/aromatic N) is 1. The Kier molecular flexibility index (Phi) is 10.3. The van der Waals surface area contributed by atoms with Gasteiger partial charge in [0, 0.05) is 25.0 Å². The summed E-state index contributed by atoms with van der Waals surface area (Å²) in [6.07, 6.45) is 4.26. The van der Waals surface area contributed by atoms with Gasteiger partial charge in [0.05, 0.1) is 6.10 Å². The zero-order chi connectivity index (χ0) is 17.1. The van der Waals surface area contributed by atoms with Gasteiger partial charge in [-0.3, -0.25) is 4.79 Å². The molecule has 1 amide bonds. The van der Waals surface area contributed by atoms with E-state index in [1.807, 2.05) is 20.8 Å². The topological polar surface area (TPSA) is 67.6 Å². The number of carbonyl (C=O) groups excluding carboxylic acids is 1. The highest BCUT2D eigenvalue weighted by Gasteiger charge is 2.62. The van der Waals surface area contributed by atoms with Crippen molar-refractivity contribution in [2.24, 2.45) is 17.1 Å². The van der Waals surface area contributed by atoms with Crippen LogP contribution in [0, 0.1) is 11.3 Å². The van der Waals surface area contributed by atoms with Gasteiger partial charge >= 0.3 is 0 Å². The van der Waals surface area contributed by atoms with Crippen LogP contribution >= 0.6 is 24.8 Å². The van der Waals surface area contributed by atoms with E-state index in [4.69, 9.17) is 10.5 Å². The first-order valence-electron chi connectivity index (χ1n) is 9.26. The van der Waals surface area contributed by atoms with Crippen LogP contribution in [0.4, 0.5) is 0 Å². The van der Waals surface area contributed by atoms with Gasteiger partial charge in [-0.05, 0) is 51.7 Å². The third-order valence-electron chi connectivity index (χ3n) is 6.23. The maximum absolute atomic E-state index is 12.6. The number of likely N-dealkylation sites (tertiary alicyclic amines) is 1. The summed E-state index contributed by atoms with van der Waals surface area (Å²) in [4.78, 5) is 15.0. The lowest BCUT2D eigenvalue weighted by Crippen LogP contribution is -2.75. The van der Waals surface area contributed by atoms with Crippen molar-refractivity contribution in [1.29, 1.82) is 0 Å². The Morgan fingerprint density at radius 3 is 2.32 bits per heavy atom. The minimum absolute atomic E-state index is 0. The molecule has 0 radical (unpaired) electrons. The van der Waals surface area contributed by atoms with Crippen molar-refractivity contribution < 1.29 is 9.53 Å². The molecule has 0 bridgehead atoms. The Morgan fingerprint density at radius 1 is 1.24 bits per heavy atom. The molecule has 2 unspecified atom stereocenters. The number of ether oxygens (including phenoxy) is 1. The van der Waals surface area contributed by atoms with Gasteiger partial charge in [0.15, 0.2) is 0 Å². The SMILES string of the molecule is CCOC1CC(N)(C(=O)NCCC2CCN(CC)CC2)C1(C)C.Cl.Cl. The molecule has 5 nitrogen and oxygen atoms in total. The number of hydrogen-bond donors (Lipinski definition) is 2. The second-order valence-electron chi connectivity index (χ2n) is 7.76. The molecule has 0 aromatic heterocycles. The molecule has 1 heterocycles. The first-order chi connectivity index (χ1) is 10.8. The number of nitrogens with one attached hydrogen (secondary N) is 1. The standard InChI is InChI=1S/C18H35N3O2.2ClH/c1-5-21-11-8-14(9-12-21)7-10-20-16(22)18(19)13-15(23-6-2)17(18,3)4;;/h14-15H,5-13,19H2,1-4H3,(H,20,22);2*1H. The van der Waals surface area contributed by atoms with E-state index >= 15 is 0 Å². The van der Waals surface area contributed by atoms with Crippen LogP contribution in [0.5, 0.6) is 0 Å². The molecule has 0 aromatic carbocycles. The molecular formula is C18H37Cl2N3O2. The Balaban J connectivity index is 0.00000288. The molecule has 1 saturated carbocycles. The summed E-state index contributed by atoms with van der Waals surface area (Å²) in [6, 6.07) is 0. The largest absolute Gasteiger partial charge is 0.378 e. The number of carbonyl (C=O) groups is 1. The summed E-state index contributed by atoms with van der Waals surface area (Å²) >= 11 is 0. The van der Waals surface area contributed by atoms with Gasteiger partial charge in [0.2, 0.25) is 5.91 Å². The normalized spacial score (nSPS) is 29.1. The Hall–Kier alpha value is -0.0700. The Labute approximate surface area is 165 Å². The second-order valence-corrected chi connectivity index (χ2v) is 7.76. The molecule has 1 saturated heterocycles. The molecule has 1 aliphatic heterocycles. The fourth-order valence-electron chi connectivity index (χ4n) is 3.96. The zero-order valence-electron chi connectivity index (χ0n) is 16.2. The van der Waals surface area contributed by atoms with Crippen LogP contribution in [0.25, 0.3) is 0 Å². The molecule has 7 heteroatoms. The number of nitrogens with two attached hydrogens (primary N) is 1. The number of amides is 1. The van der Waals surface area contributed by atoms with Crippen molar-refractivity contribution in [2.75, 3.05) is 32.8 Å². The first-order valence-corrected chi connectivity index (χ1v) is 9.26. The van der Waals surface area contributed by atoms with Crippen molar-refractivity contribution >= 4 is 30.7 Å². The van der Waals surface area contributed by atoms with Gasteiger partial charge < -0.3 is 20.7 Å². The van der Waals surface area contributed by atoms with E-state index in [2.05, 4.69) is 17.1 Å². The van der Waals surface area contributed by atoms with Crippen molar-refractivity contribution in [3.8, 4) is 0 Å². The summed E-state index contributed by atoms with van der Waals surface area (Å²) in [5.41, 5.74) is 5.30. The number of piperidine rings is 1. The average Bonchev–Trinajstić information content (AvgIpc) is 2.55. The van der Waals surface area contributed by atoms with Crippen LogP contribution in [0.3, 0.4) is 0 Å².